The monoisotopic (exact) mass is 382 g/mol. The van der Waals surface area contributed by atoms with Crippen molar-refractivity contribution in [2.45, 2.75) is 78.9 Å². The second-order valence-corrected chi connectivity index (χ2v) is 8.48. The van der Waals surface area contributed by atoms with E-state index in [9.17, 15) is 0 Å². The lowest BCUT2D eigenvalue weighted by Gasteiger charge is -2.23. The zero-order chi connectivity index (χ0) is 20.5. The Morgan fingerprint density at radius 3 is 1.93 bits per heavy atom. The van der Waals surface area contributed by atoms with Crippen molar-refractivity contribution >= 4 is 0 Å². The second-order valence-electron chi connectivity index (χ2n) is 8.48. The molecule has 2 atom stereocenters. The molecule has 0 aromatic heterocycles. The molecule has 0 saturated heterocycles. The summed E-state index contributed by atoms with van der Waals surface area (Å²) >= 11 is 0. The van der Waals surface area contributed by atoms with Gasteiger partial charge < -0.3 is 9.47 Å². The second kappa shape index (κ2) is 11.3. The lowest BCUT2D eigenvalue weighted by molar-refractivity contribution is -0.108. The predicted octanol–water partition coefficient (Wildman–Crippen LogP) is 7.33. The molecule has 2 unspecified atom stereocenters. The molecule has 154 valence electrons. The molecule has 2 nitrogen and oxygen atoms in total. The van der Waals surface area contributed by atoms with Gasteiger partial charge in [-0.15, -0.1) is 0 Å². The van der Waals surface area contributed by atoms with E-state index in [1.807, 2.05) is 0 Å². The minimum atomic E-state index is -0.210. The van der Waals surface area contributed by atoms with Gasteiger partial charge in [0.1, 0.15) is 5.75 Å². The fraction of sp³-hybridized carbons (Fsp3) is 0.538. The number of aryl methyl sites for hydroxylation is 1. The molecule has 2 aromatic carbocycles. The van der Waals surface area contributed by atoms with Gasteiger partial charge in [0.25, 0.3) is 0 Å². The molecule has 0 aliphatic carbocycles. The van der Waals surface area contributed by atoms with Crippen LogP contribution in [0.1, 0.15) is 82.9 Å². The summed E-state index contributed by atoms with van der Waals surface area (Å²) in [6.07, 6.45) is 2.98. The largest absolute Gasteiger partial charge is 0.465 e. The van der Waals surface area contributed by atoms with Gasteiger partial charge in [0.15, 0.2) is 0 Å². The van der Waals surface area contributed by atoms with Crippen LogP contribution in [-0.2, 0) is 11.2 Å². The molecule has 0 N–H and O–H groups in total. The van der Waals surface area contributed by atoms with Gasteiger partial charge in [-0.2, -0.15) is 0 Å². The standard InChI is InChI=1S/C26H38O2/c1-7-21(6)24-14-16-25(17-15-24)28-26(20(4)5)27-18-8-9-22-10-12-23(13-11-22)19(2)3/h10-17,19-21,26H,7-9,18H2,1-6H3. The first kappa shape index (κ1) is 22.5. The van der Waals surface area contributed by atoms with Gasteiger partial charge >= 0.3 is 0 Å². The molecule has 0 bridgehead atoms. The highest BCUT2D eigenvalue weighted by molar-refractivity contribution is 5.29. The third kappa shape index (κ3) is 6.98. The van der Waals surface area contributed by atoms with Crippen LogP contribution in [-0.4, -0.2) is 12.9 Å². The van der Waals surface area contributed by atoms with Gasteiger partial charge in [0.2, 0.25) is 6.29 Å². The number of hydrogen-bond donors (Lipinski definition) is 0. The Bertz CT molecular complexity index is 671. The van der Waals surface area contributed by atoms with Crippen LogP contribution in [0.25, 0.3) is 0 Å². The molecular weight excluding hydrogens is 344 g/mol. The average molecular weight is 383 g/mol. The molecule has 0 heterocycles. The van der Waals surface area contributed by atoms with E-state index in [2.05, 4.69) is 90.1 Å². The Labute approximate surface area is 172 Å². The minimum absolute atomic E-state index is 0.210. The summed E-state index contributed by atoms with van der Waals surface area (Å²) in [5.41, 5.74) is 4.13. The fourth-order valence-corrected chi connectivity index (χ4v) is 3.15. The lowest BCUT2D eigenvalue weighted by atomic mass is 9.99. The van der Waals surface area contributed by atoms with Crippen LogP contribution in [0.5, 0.6) is 5.75 Å². The first-order chi connectivity index (χ1) is 13.4. The van der Waals surface area contributed by atoms with E-state index in [4.69, 9.17) is 9.47 Å². The van der Waals surface area contributed by atoms with E-state index in [0.717, 1.165) is 25.0 Å². The minimum Gasteiger partial charge on any atom is -0.465 e. The summed E-state index contributed by atoms with van der Waals surface area (Å²) in [6.45, 7) is 13.9. The first-order valence-corrected chi connectivity index (χ1v) is 10.9. The number of benzene rings is 2. The van der Waals surface area contributed by atoms with Crippen molar-refractivity contribution in [1.29, 1.82) is 0 Å². The molecule has 0 saturated carbocycles. The summed E-state index contributed by atoms with van der Waals surface area (Å²) in [5, 5.41) is 0. The fourth-order valence-electron chi connectivity index (χ4n) is 3.15. The zero-order valence-electron chi connectivity index (χ0n) is 18.6. The Hall–Kier alpha value is -1.80. The van der Waals surface area contributed by atoms with Crippen LogP contribution in [0.15, 0.2) is 48.5 Å². The molecule has 0 spiro atoms. The summed E-state index contributed by atoms with van der Waals surface area (Å²) < 4.78 is 12.2. The van der Waals surface area contributed by atoms with Crippen molar-refractivity contribution in [3.8, 4) is 5.75 Å². The molecule has 0 fully saturated rings. The van der Waals surface area contributed by atoms with Gasteiger partial charge in [-0.3, -0.25) is 0 Å². The molecule has 2 rings (SSSR count). The van der Waals surface area contributed by atoms with Crippen molar-refractivity contribution in [3.63, 3.8) is 0 Å². The first-order valence-electron chi connectivity index (χ1n) is 10.9. The number of ether oxygens (including phenoxy) is 2. The van der Waals surface area contributed by atoms with Crippen LogP contribution in [0.2, 0.25) is 0 Å². The molecule has 2 aromatic rings. The van der Waals surface area contributed by atoms with Crippen LogP contribution in [0.3, 0.4) is 0 Å². The lowest BCUT2D eigenvalue weighted by Crippen LogP contribution is -2.27. The maximum absolute atomic E-state index is 6.12. The smallest absolute Gasteiger partial charge is 0.202 e. The zero-order valence-corrected chi connectivity index (χ0v) is 18.6. The average Bonchev–Trinajstić information content (AvgIpc) is 2.70. The van der Waals surface area contributed by atoms with E-state index in [-0.39, 0.29) is 6.29 Å². The maximum Gasteiger partial charge on any atom is 0.202 e. The van der Waals surface area contributed by atoms with E-state index in [1.54, 1.807) is 0 Å². The Kier molecular flexibility index (Phi) is 9.05. The highest BCUT2D eigenvalue weighted by atomic mass is 16.7. The van der Waals surface area contributed by atoms with Gasteiger partial charge in [0, 0.05) is 5.92 Å². The topological polar surface area (TPSA) is 18.5 Å². The van der Waals surface area contributed by atoms with Crippen molar-refractivity contribution in [3.05, 3.63) is 65.2 Å². The highest BCUT2D eigenvalue weighted by Gasteiger charge is 2.16. The van der Waals surface area contributed by atoms with Crippen molar-refractivity contribution in [1.82, 2.24) is 0 Å². The highest BCUT2D eigenvalue weighted by Crippen LogP contribution is 2.23. The van der Waals surface area contributed by atoms with E-state index >= 15 is 0 Å². The summed E-state index contributed by atoms with van der Waals surface area (Å²) in [4.78, 5) is 0. The van der Waals surface area contributed by atoms with Crippen LogP contribution in [0, 0.1) is 5.92 Å². The molecule has 0 aliphatic rings. The summed E-state index contributed by atoms with van der Waals surface area (Å²) in [6, 6.07) is 17.4. The molecular formula is C26H38O2. The van der Waals surface area contributed by atoms with Crippen molar-refractivity contribution in [2.24, 2.45) is 5.92 Å². The third-order valence-electron chi connectivity index (χ3n) is 5.40. The van der Waals surface area contributed by atoms with Gasteiger partial charge in [0.05, 0.1) is 6.61 Å². The van der Waals surface area contributed by atoms with Crippen molar-refractivity contribution < 1.29 is 9.47 Å². The van der Waals surface area contributed by atoms with E-state index in [0.29, 0.717) is 24.4 Å². The van der Waals surface area contributed by atoms with Crippen LogP contribution >= 0.6 is 0 Å². The van der Waals surface area contributed by atoms with Crippen LogP contribution < -0.4 is 4.74 Å². The van der Waals surface area contributed by atoms with Crippen LogP contribution in [0.4, 0.5) is 0 Å². The molecule has 28 heavy (non-hydrogen) atoms. The quantitative estimate of drug-likeness (QED) is 0.299. The van der Waals surface area contributed by atoms with Gasteiger partial charge in [-0.25, -0.2) is 0 Å². The molecule has 0 aliphatic heterocycles. The summed E-state index contributed by atoms with van der Waals surface area (Å²) in [5.74, 6) is 2.36. The van der Waals surface area contributed by atoms with Gasteiger partial charge in [-0.1, -0.05) is 77.9 Å². The Morgan fingerprint density at radius 2 is 1.39 bits per heavy atom. The van der Waals surface area contributed by atoms with E-state index < -0.39 is 0 Å². The normalized spacial score (nSPS) is 13.7. The molecule has 2 heteroatoms. The molecule has 0 radical (unpaired) electrons. The summed E-state index contributed by atoms with van der Waals surface area (Å²) in [7, 11) is 0. The maximum atomic E-state index is 6.12. The predicted molar refractivity (Wildman–Crippen MR) is 119 cm³/mol. The van der Waals surface area contributed by atoms with Gasteiger partial charge in [-0.05, 0) is 59.9 Å². The number of rotatable bonds is 11. The van der Waals surface area contributed by atoms with E-state index in [1.165, 1.54) is 16.7 Å². The number of hydrogen-bond acceptors (Lipinski definition) is 2. The third-order valence-corrected chi connectivity index (χ3v) is 5.40. The Balaban J connectivity index is 1.81. The van der Waals surface area contributed by atoms with Crippen molar-refractivity contribution in [2.75, 3.05) is 6.61 Å². The SMILES string of the molecule is CCC(C)c1ccc(OC(OCCCc2ccc(C(C)C)cc2)C(C)C)cc1. The Morgan fingerprint density at radius 1 is 0.786 bits per heavy atom. The molecule has 0 amide bonds.